The zero-order valence-corrected chi connectivity index (χ0v) is 11.1. The van der Waals surface area contributed by atoms with Crippen LogP contribution in [0.4, 0.5) is 5.69 Å². The van der Waals surface area contributed by atoms with Crippen molar-refractivity contribution in [1.29, 1.82) is 0 Å². The number of carbonyl (C=O) groups is 1. The fourth-order valence-electron chi connectivity index (χ4n) is 1.66. The van der Waals surface area contributed by atoms with Gasteiger partial charge in [-0.3, -0.25) is 9.78 Å². The van der Waals surface area contributed by atoms with Gasteiger partial charge < -0.3 is 5.32 Å². The number of pyridine rings is 1. The number of anilines is 1. The molecule has 1 aromatic heterocycles. The minimum atomic E-state index is -0.147. The number of carbonyl (C=O) groups excluding carboxylic acids is 1. The van der Waals surface area contributed by atoms with Crippen molar-refractivity contribution in [3.63, 3.8) is 0 Å². The van der Waals surface area contributed by atoms with Gasteiger partial charge in [-0.2, -0.15) is 0 Å². The van der Waals surface area contributed by atoms with Crippen LogP contribution in [0.5, 0.6) is 0 Å². The quantitative estimate of drug-likeness (QED) is 0.851. The Kier molecular flexibility index (Phi) is 4.08. The van der Waals surface area contributed by atoms with Gasteiger partial charge >= 0.3 is 0 Å². The Balaban J connectivity index is 1.99. The third-order valence-corrected chi connectivity index (χ3v) is 2.67. The van der Waals surface area contributed by atoms with Crippen LogP contribution in [-0.2, 0) is 4.79 Å². The van der Waals surface area contributed by atoms with Crippen LogP contribution in [0.25, 0.3) is 6.08 Å². The molecule has 1 N–H and O–H groups in total. The van der Waals surface area contributed by atoms with Crippen molar-refractivity contribution >= 4 is 17.7 Å². The Hall–Kier alpha value is -2.42. The number of hydrogen-bond donors (Lipinski definition) is 1. The number of nitrogens with zero attached hydrogens (tertiary/aromatic N) is 1. The van der Waals surface area contributed by atoms with Crippen LogP contribution < -0.4 is 5.32 Å². The van der Waals surface area contributed by atoms with Crippen LogP contribution in [0.1, 0.15) is 16.8 Å². The first kappa shape index (κ1) is 13.0. The maximum atomic E-state index is 11.7. The van der Waals surface area contributed by atoms with E-state index in [1.807, 2.05) is 44.2 Å². The SMILES string of the molecule is Cc1ccc(/C=C/C(=O)Nc2ccnc(C)c2)cc1. The van der Waals surface area contributed by atoms with Crippen molar-refractivity contribution in [3.8, 4) is 0 Å². The Bertz CT molecular complexity index is 600. The van der Waals surface area contributed by atoms with Gasteiger partial charge in [0.2, 0.25) is 5.91 Å². The number of aromatic nitrogens is 1. The number of amides is 1. The normalized spacial score (nSPS) is 10.6. The molecular weight excluding hydrogens is 236 g/mol. The molecule has 3 heteroatoms. The molecule has 0 aliphatic rings. The molecule has 1 amide bonds. The Labute approximate surface area is 113 Å². The minimum absolute atomic E-state index is 0.147. The molecule has 1 heterocycles. The highest BCUT2D eigenvalue weighted by Gasteiger charge is 1.98. The molecule has 3 nitrogen and oxygen atoms in total. The number of benzene rings is 1. The molecule has 0 saturated heterocycles. The van der Waals surface area contributed by atoms with E-state index in [2.05, 4.69) is 10.3 Å². The van der Waals surface area contributed by atoms with E-state index < -0.39 is 0 Å². The lowest BCUT2D eigenvalue weighted by Gasteiger charge is -2.02. The summed E-state index contributed by atoms with van der Waals surface area (Å²) in [6.07, 6.45) is 5.00. The molecule has 0 fully saturated rings. The van der Waals surface area contributed by atoms with Gasteiger partial charge in [-0.1, -0.05) is 29.8 Å². The van der Waals surface area contributed by atoms with Gasteiger partial charge in [-0.25, -0.2) is 0 Å². The molecule has 0 radical (unpaired) electrons. The van der Waals surface area contributed by atoms with Crippen LogP contribution >= 0.6 is 0 Å². The molecule has 1 aromatic carbocycles. The lowest BCUT2D eigenvalue weighted by atomic mass is 10.1. The Morgan fingerprint density at radius 2 is 1.89 bits per heavy atom. The van der Waals surface area contributed by atoms with Gasteiger partial charge in [-0.15, -0.1) is 0 Å². The van der Waals surface area contributed by atoms with Crippen molar-refractivity contribution < 1.29 is 4.79 Å². The smallest absolute Gasteiger partial charge is 0.248 e. The van der Waals surface area contributed by atoms with Gasteiger partial charge in [0, 0.05) is 23.7 Å². The monoisotopic (exact) mass is 252 g/mol. The summed E-state index contributed by atoms with van der Waals surface area (Å²) in [5.41, 5.74) is 3.84. The average Bonchev–Trinajstić information content (AvgIpc) is 2.38. The van der Waals surface area contributed by atoms with Crippen molar-refractivity contribution in [1.82, 2.24) is 4.98 Å². The largest absolute Gasteiger partial charge is 0.322 e. The third kappa shape index (κ3) is 4.07. The van der Waals surface area contributed by atoms with Crippen LogP contribution in [0.2, 0.25) is 0 Å². The first-order valence-electron chi connectivity index (χ1n) is 6.12. The second-order valence-electron chi connectivity index (χ2n) is 4.42. The van der Waals surface area contributed by atoms with E-state index in [0.29, 0.717) is 0 Å². The molecule has 0 aliphatic carbocycles. The fourth-order valence-corrected chi connectivity index (χ4v) is 1.66. The topological polar surface area (TPSA) is 42.0 Å². The highest BCUT2D eigenvalue weighted by molar-refractivity contribution is 6.01. The van der Waals surface area contributed by atoms with Gasteiger partial charge in [0.1, 0.15) is 0 Å². The second-order valence-corrected chi connectivity index (χ2v) is 4.42. The minimum Gasteiger partial charge on any atom is -0.322 e. The van der Waals surface area contributed by atoms with Gasteiger partial charge in [0.05, 0.1) is 0 Å². The maximum Gasteiger partial charge on any atom is 0.248 e. The molecule has 2 aromatic rings. The lowest BCUT2D eigenvalue weighted by molar-refractivity contribution is -0.111. The molecule has 96 valence electrons. The van der Waals surface area contributed by atoms with E-state index in [1.54, 1.807) is 18.3 Å². The highest BCUT2D eigenvalue weighted by atomic mass is 16.1. The summed E-state index contributed by atoms with van der Waals surface area (Å²) < 4.78 is 0. The number of nitrogens with one attached hydrogen (secondary N) is 1. The predicted octanol–water partition coefficient (Wildman–Crippen LogP) is 3.35. The zero-order valence-electron chi connectivity index (χ0n) is 11.1. The van der Waals surface area contributed by atoms with Gasteiger partial charge in [-0.05, 0) is 37.6 Å². The number of aryl methyl sites for hydroxylation is 2. The predicted molar refractivity (Wildman–Crippen MR) is 77.8 cm³/mol. The lowest BCUT2D eigenvalue weighted by Crippen LogP contribution is -2.07. The van der Waals surface area contributed by atoms with Crippen molar-refractivity contribution in [2.45, 2.75) is 13.8 Å². The molecule has 2 rings (SSSR count). The Morgan fingerprint density at radius 1 is 1.16 bits per heavy atom. The van der Waals surface area contributed by atoms with E-state index in [9.17, 15) is 4.79 Å². The highest BCUT2D eigenvalue weighted by Crippen LogP contribution is 2.08. The van der Waals surface area contributed by atoms with Crippen LogP contribution in [-0.4, -0.2) is 10.9 Å². The van der Waals surface area contributed by atoms with E-state index in [1.165, 1.54) is 11.6 Å². The summed E-state index contributed by atoms with van der Waals surface area (Å²) in [5.74, 6) is -0.147. The molecule has 0 aliphatic heterocycles. The molecule has 0 bridgehead atoms. The van der Waals surface area contributed by atoms with Crippen LogP contribution in [0.3, 0.4) is 0 Å². The van der Waals surface area contributed by atoms with Crippen molar-refractivity contribution in [2.75, 3.05) is 5.32 Å². The Morgan fingerprint density at radius 3 is 2.58 bits per heavy atom. The van der Waals surface area contributed by atoms with Crippen LogP contribution in [0, 0.1) is 13.8 Å². The molecular formula is C16H16N2O. The van der Waals surface area contributed by atoms with E-state index in [0.717, 1.165) is 16.9 Å². The van der Waals surface area contributed by atoms with Crippen LogP contribution in [0.15, 0.2) is 48.7 Å². The molecule has 0 spiro atoms. The van der Waals surface area contributed by atoms with E-state index in [-0.39, 0.29) is 5.91 Å². The van der Waals surface area contributed by atoms with Gasteiger partial charge in [0.25, 0.3) is 0 Å². The summed E-state index contributed by atoms with van der Waals surface area (Å²) in [5, 5.41) is 2.80. The molecule has 0 saturated carbocycles. The second kappa shape index (κ2) is 5.96. The number of rotatable bonds is 3. The summed E-state index contributed by atoms with van der Waals surface area (Å²) in [7, 11) is 0. The summed E-state index contributed by atoms with van der Waals surface area (Å²) >= 11 is 0. The first-order chi connectivity index (χ1) is 9.13. The van der Waals surface area contributed by atoms with Crippen molar-refractivity contribution in [3.05, 3.63) is 65.5 Å². The molecule has 19 heavy (non-hydrogen) atoms. The first-order valence-corrected chi connectivity index (χ1v) is 6.12. The standard InChI is InChI=1S/C16H16N2O/c1-12-3-5-14(6-4-12)7-8-16(19)18-15-9-10-17-13(2)11-15/h3-11H,1-2H3,(H,17,18,19)/b8-7+. The van der Waals surface area contributed by atoms with E-state index in [4.69, 9.17) is 0 Å². The maximum absolute atomic E-state index is 11.7. The average molecular weight is 252 g/mol. The fraction of sp³-hybridized carbons (Fsp3) is 0.125. The summed E-state index contributed by atoms with van der Waals surface area (Å²) in [6.45, 7) is 3.92. The van der Waals surface area contributed by atoms with Gasteiger partial charge in [0.15, 0.2) is 0 Å². The summed E-state index contributed by atoms with van der Waals surface area (Å²) in [4.78, 5) is 15.8. The molecule has 0 atom stereocenters. The third-order valence-electron chi connectivity index (χ3n) is 2.67. The number of hydrogen-bond acceptors (Lipinski definition) is 2. The summed E-state index contributed by atoms with van der Waals surface area (Å²) in [6, 6.07) is 11.6. The zero-order chi connectivity index (χ0) is 13.7. The molecule has 0 unspecified atom stereocenters. The van der Waals surface area contributed by atoms with E-state index >= 15 is 0 Å². The van der Waals surface area contributed by atoms with Crippen molar-refractivity contribution in [2.24, 2.45) is 0 Å².